The minimum absolute atomic E-state index is 0.108. The van der Waals surface area contributed by atoms with Crippen LogP contribution in [0.4, 0.5) is 0 Å². The standard InChI is InChI=1S/C12H18N2O2S/c1-7-9(3)17-11(13-7)6-14-5-4-10(8(14)2)12(15)16/h8,10H,4-6H2,1-3H3,(H,15,16). The van der Waals surface area contributed by atoms with Crippen LogP contribution in [0.15, 0.2) is 0 Å². The normalized spacial score (nSPS) is 25.4. The average molecular weight is 254 g/mol. The summed E-state index contributed by atoms with van der Waals surface area (Å²) in [6.45, 7) is 7.73. The number of aromatic nitrogens is 1. The Balaban J connectivity index is 2.03. The Morgan fingerprint density at radius 3 is 2.76 bits per heavy atom. The van der Waals surface area contributed by atoms with Gasteiger partial charge < -0.3 is 5.11 Å². The molecule has 94 valence electrons. The lowest BCUT2D eigenvalue weighted by Crippen LogP contribution is -2.32. The number of nitrogens with zero attached hydrogens (tertiary/aromatic N) is 2. The Kier molecular flexibility index (Phi) is 3.49. The third-order valence-electron chi connectivity index (χ3n) is 3.61. The molecule has 0 aromatic carbocycles. The van der Waals surface area contributed by atoms with Gasteiger partial charge in [-0.3, -0.25) is 9.69 Å². The van der Waals surface area contributed by atoms with E-state index in [1.807, 2.05) is 13.8 Å². The molecular formula is C12H18N2O2S. The monoisotopic (exact) mass is 254 g/mol. The molecule has 0 saturated carbocycles. The minimum atomic E-state index is -0.675. The van der Waals surface area contributed by atoms with Crippen LogP contribution in [0.5, 0.6) is 0 Å². The summed E-state index contributed by atoms with van der Waals surface area (Å²) >= 11 is 1.71. The number of likely N-dealkylation sites (tertiary alicyclic amines) is 1. The van der Waals surface area contributed by atoms with Crippen molar-refractivity contribution in [1.82, 2.24) is 9.88 Å². The fraction of sp³-hybridized carbons (Fsp3) is 0.667. The summed E-state index contributed by atoms with van der Waals surface area (Å²) in [6.07, 6.45) is 0.750. The van der Waals surface area contributed by atoms with E-state index >= 15 is 0 Å². The first-order valence-corrected chi connectivity index (χ1v) is 6.70. The van der Waals surface area contributed by atoms with E-state index in [0.29, 0.717) is 0 Å². The van der Waals surface area contributed by atoms with E-state index in [9.17, 15) is 4.79 Å². The van der Waals surface area contributed by atoms with Crippen molar-refractivity contribution in [2.24, 2.45) is 5.92 Å². The molecule has 1 aromatic heterocycles. The SMILES string of the molecule is Cc1nc(CN2CCC(C(=O)O)C2C)sc1C. The zero-order valence-electron chi connectivity index (χ0n) is 10.4. The molecule has 5 heteroatoms. The number of hydrogen-bond donors (Lipinski definition) is 1. The van der Waals surface area contributed by atoms with E-state index in [1.54, 1.807) is 11.3 Å². The molecule has 0 radical (unpaired) electrons. The van der Waals surface area contributed by atoms with E-state index in [0.717, 1.165) is 30.2 Å². The van der Waals surface area contributed by atoms with Crippen LogP contribution in [-0.4, -0.2) is 33.5 Å². The summed E-state index contributed by atoms with van der Waals surface area (Å²) in [7, 11) is 0. The lowest BCUT2D eigenvalue weighted by molar-refractivity contribution is -0.142. The molecular weight excluding hydrogens is 236 g/mol. The van der Waals surface area contributed by atoms with Crippen LogP contribution < -0.4 is 0 Å². The van der Waals surface area contributed by atoms with Crippen LogP contribution >= 0.6 is 11.3 Å². The predicted molar refractivity (Wildman–Crippen MR) is 67.2 cm³/mol. The Hall–Kier alpha value is -0.940. The molecule has 1 saturated heterocycles. The van der Waals surface area contributed by atoms with Crippen molar-refractivity contribution < 1.29 is 9.90 Å². The Labute approximate surface area is 105 Å². The van der Waals surface area contributed by atoms with Crippen LogP contribution in [0.3, 0.4) is 0 Å². The Morgan fingerprint density at radius 1 is 1.59 bits per heavy atom. The highest BCUT2D eigenvalue weighted by atomic mass is 32.1. The molecule has 1 aliphatic heterocycles. The minimum Gasteiger partial charge on any atom is -0.481 e. The number of thiazole rings is 1. The van der Waals surface area contributed by atoms with Crippen molar-refractivity contribution >= 4 is 17.3 Å². The van der Waals surface area contributed by atoms with E-state index in [-0.39, 0.29) is 12.0 Å². The maximum Gasteiger partial charge on any atom is 0.308 e. The number of carboxylic acid groups (broad SMARTS) is 1. The van der Waals surface area contributed by atoms with Gasteiger partial charge in [0.25, 0.3) is 0 Å². The van der Waals surface area contributed by atoms with E-state index in [1.165, 1.54) is 4.88 Å². The lowest BCUT2D eigenvalue weighted by Gasteiger charge is -2.21. The summed E-state index contributed by atoms with van der Waals surface area (Å²) in [5, 5.41) is 10.2. The van der Waals surface area contributed by atoms with Crippen molar-refractivity contribution in [3.05, 3.63) is 15.6 Å². The van der Waals surface area contributed by atoms with E-state index in [2.05, 4.69) is 16.8 Å². The molecule has 1 aliphatic rings. The zero-order chi connectivity index (χ0) is 12.6. The third kappa shape index (κ3) is 2.50. The van der Waals surface area contributed by atoms with Gasteiger partial charge in [-0.05, 0) is 33.7 Å². The number of carbonyl (C=O) groups is 1. The second-order valence-electron chi connectivity index (χ2n) is 4.69. The first-order valence-electron chi connectivity index (χ1n) is 5.89. The quantitative estimate of drug-likeness (QED) is 0.897. The summed E-state index contributed by atoms with van der Waals surface area (Å²) in [4.78, 5) is 19.0. The second-order valence-corrected chi connectivity index (χ2v) is 5.98. The van der Waals surface area contributed by atoms with Gasteiger partial charge in [-0.1, -0.05) is 0 Å². The smallest absolute Gasteiger partial charge is 0.308 e. The van der Waals surface area contributed by atoms with Gasteiger partial charge in [0.2, 0.25) is 0 Å². The van der Waals surface area contributed by atoms with Gasteiger partial charge in [0.15, 0.2) is 0 Å². The van der Waals surface area contributed by atoms with Crippen molar-refractivity contribution in [2.75, 3.05) is 6.54 Å². The first kappa shape index (κ1) is 12.5. The molecule has 1 N–H and O–H groups in total. The number of aryl methyl sites for hydroxylation is 2. The van der Waals surface area contributed by atoms with E-state index < -0.39 is 5.97 Å². The highest BCUT2D eigenvalue weighted by molar-refractivity contribution is 7.11. The van der Waals surface area contributed by atoms with E-state index in [4.69, 9.17) is 5.11 Å². The molecule has 0 aliphatic carbocycles. The lowest BCUT2D eigenvalue weighted by atomic mass is 10.0. The topological polar surface area (TPSA) is 53.4 Å². The van der Waals surface area contributed by atoms with Gasteiger partial charge >= 0.3 is 5.97 Å². The molecule has 2 unspecified atom stereocenters. The summed E-state index contributed by atoms with van der Waals surface area (Å²) in [5.41, 5.74) is 1.09. The fourth-order valence-corrected chi connectivity index (χ4v) is 3.30. The summed E-state index contributed by atoms with van der Waals surface area (Å²) in [5.74, 6) is -0.899. The van der Waals surface area contributed by atoms with Gasteiger partial charge in [0, 0.05) is 10.9 Å². The molecule has 1 aromatic rings. The zero-order valence-corrected chi connectivity index (χ0v) is 11.3. The molecule has 0 bridgehead atoms. The van der Waals surface area contributed by atoms with Gasteiger partial charge in [0.05, 0.1) is 18.2 Å². The van der Waals surface area contributed by atoms with Crippen LogP contribution in [0.1, 0.15) is 28.9 Å². The Morgan fingerprint density at radius 2 is 2.29 bits per heavy atom. The van der Waals surface area contributed by atoms with Crippen molar-refractivity contribution in [1.29, 1.82) is 0 Å². The van der Waals surface area contributed by atoms with Crippen LogP contribution in [-0.2, 0) is 11.3 Å². The van der Waals surface area contributed by atoms with Crippen LogP contribution in [0.25, 0.3) is 0 Å². The highest BCUT2D eigenvalue weighted by Gasteiger charge is 2.35. The fourth-order valence-electron chi connectivity index (χ4n) is 2.34. The molecule has 0 spiro atoms. The molecule has 2 atom stereocenters. The van der Waals surface area contributed by atoms with Gasteiger partial charge in [-0.25, -0.2) is 4.98 Å². The molecule has 1 fully saturated rings. The summed E-state index contributed by atoms with van der Waals surface area (Å²) in [6, 6.07) is 0.108. The van der Waals surface area contributed by atoms with Crippen molar-refractivity contribution in [2.45, 2.75) is 39.8 Å². The van der Waals surface area contributed by atoms with Crippen molar-refractivity contribution in [3.63, 3.8) is 0 Å². The maximum atomic E-state index is 11.0. The third-order valence-corrected chi connectivity index (χ3v) is 4.67. The predicted octanol–water partition coefficient (Wildman–Crippen LogP) is 2.05. The Bertz CT molecular complexity index is 411. The average Bonchev–Trinajstić information content (AvgIpc) is 2.74. The second kappa shape index (κ2) is 4.74. The number of rotatable bonds is 3. The molecule has 4 nitrogen and oxygen atoms in total. The largest absolute Gasteiger partial charge is 0.481 e. The van der Waals surface area contributed by atoms with Crippen LogP contribution in [0, 0.1) is 19.8 Å². The maximum absolute atomic E-state index is 11.0. The van der Waals surface area contributed by atoms with Gasteiger partial charge in [-0.2, -0.15) is 0 Å². The van der Waals surface area contributed by atoms with Gasteiger partial charge in [-0.15, -0.1) is 11.3 Å². The number of carboxylic acids is 1. The van der Waals surface area contributed by atoms with Gasteiger partial charge in [0.1, 0.15) is 5.01 Å². The molecule has 0 amide bonds. The number of aliphatic carboxylic acids is 1. The first-order chi connectivity index (χ1) is 7.99. The molecule has 17 heavy (non-hydrogen) atoms. The van der Waals surface area contributed by atoms with Crippen LogP contribution in [0.2, 0.25) is 0 Å². The van der Waals surface area contributed by atoms with Crippen molar-refractivity contribution in [3.8, 4) is 0 Å². The molecule has 2 rings (SSSR count). The summed E-state index contributed by atoms with van der Waals surface area (Å²) < 4.78 is 0. The number of hydrogen-bond acceptors (Lipinski definition) is 4. The highest BCUT2D eigenvalue weighted by Crippen LogP contribution is 2.27. The molecule has 2 heterocycles.